The monoisotopic (exact) mass is 610 g/mol. The average molecular weight is 611 g/mol. The first-order valence-corrected chi connectivity index (χ1v) is 13.0. The van der Waals surface area contributed by atoms with Gasteiger partial charge in [0.05, 0.1) is 18.6 Å². The van der Waals surface area contributed by atoms with E-state index in [0.717, 1.165) is 16.7 Å². The van der Waals surface area contributed by atoms with Crippen LogP contribution in [-0.2, 0) is 9.59 Å². The van der Waals surface area contributed by atoms with Crippen molar-refractivity contribution in [3.8, 4) is 22.5 Å². The maximum absolute atomic E-state index is 10.5. The predicted octanol–water partition coefficient (Wildman–Crippen LogP) is 5.68. The van der Waals surface area contributed by atoms with Crippen molar-refractivity contribution in [1.82, 2.24) is 19.9 Å². The molecule has 0 saturated heterocycles. The van der Waals surface area contributed by atoms with Crippen LogP contribution in [0, 0.1) is 0 Å². The van der Waals surface area contributed by atoms with Crippen molar-refractivity contribution in [3.05, 3.63) is 94.8 Å². The summed E-state index contributed by atoms with van der Waals surface area (Å²) in [6.07, 6.45) is 6.04. The number of hydrogen-bond donors (Lipinski definition) is 4. The molecule has 4 aromatic rings. The molecule has 0 bridgehead atoms. The molecule has 2 aromatic heterocycles. The van der Waals surface area contributed by atoms with Crippen LogP contribution in [0.5, 0.6) is 0 Å². The van der Waals surface area contributed by atoms with Gasteiger partial charge in [0, 0.05) is 64.4 Å². The first-order valence-electron chi connectivity index (χ1n) is 12.2. The number of nitrogens with zero attached hydrogens (tertiary/aromatic N) is 6. The molecule has 14 heteroatoms. The van der Waals surface area contributed by atoms with Gasteiger partial charge >= 0.3 is 11.9 Å². The smallest absolute Gasteiger partial charge is 0.303 e. The fraction of sp³-hybridized carbons (Fsp3) is 0.143. The van der Waals surface area contributed by atoms with Gasteiger partial charge < -0.3 is 20.6 Å². The van der Waals surface area contributed by atoms with Crippen LogP contribution in [0.25, 0.3) is 22.5 Å². The summed E-state index contributed by atoms with van der Waals surface area (Å²) >= 11 is 11.6. The van der Waals surface area contributed by atoms with Gasteiger partial charge in [0.15, 0.2) is 11.6 Å². The zero-order valence-corrected chi connectivity index (χ0v) is 23.3. The lowest BCUT2D eigenvalue weighted by molar-refractivity contribution is -0.137. The molecule has 0 saturated carbocycles. The summed E-state index contributed by atoms with van der Waals surface area (Å²) < 4.78 is 0. The molecule has 4 N–H and O–H groups in total. The fourth-order valence-corrected chi connectivity index (χ4v) is 3.65. The topological polar surface area (TPSA) is 191 Å². The highest BCUT2D eigenvalue weighted by Gasteiger charge is 2.11. The van der Waals surface area contributed by atoms with E-state index >= 15 is 0 Å². The van der Waals surface area contributed by atoms with Crippen LogP contribution in [-0.4, -0.2) is 63.9 Å². The maximum atomic E-state index is 10.5. The van der Waals surface area contributed by atoms with E-state index in [1.165, 1.54) is 12.4 Å². The number of carboxylic acid groups (broad SMARTS) is 2. The fourth-order valence-electron chi connectivity index (χ4n) is 3.40. The van der Waals surface area contributed by atoms with Crippen LogP contribution in [0.4, 0.5) is 0 Å². The molecule has 0 aliphatic rings. The van der Waals surface area contributed by atoms with Gasteiger partial charge in [-0.2, -0.15) is 0 Å². The highest BCUT2D eigenvalue weighted by atomic mass is 35.5. The van der Waals surface area contributed by atoms with Gasteiger partial charge in [0.2, 0.25) is 0 Å². The third-order valence-corrected chi connectivity index (χ3v) is 6.07. The third kappa shape index (κ3) is 9.61. The molecule has 0 aliphatic carbocycles. The number of carboxylic acids is 2. The average Bonchev–Trinajstić information content (AvgIpc) is 2.99. The molecule has 4 rings (SSSR count). The van der Waals surface area contributed by atoms with Crippen molar-refractivity contribution in [3.63, 3.8) is 0 Å². The molecular weight excluding hydrogens is 587 g/mol. The molecule has 216 valence electrons. The normalized spacial score (nSPS) is 11.4. The number of aliphatic carboxylic acids is 2. The van der Waals surface area contributed by atoms with E-state index in [4.69, 9.17) is 43.8 Å². The Morgan fingerprint density at radius 1 is 0.595 bits per heavy atom. The number of rotatable bonds is 10. The number of oxime groups is 2. The Hall–Kier alpha value is -4.94. The van der Waals surface area contributed by atoms with Crippen LogP contribution in [0.3, 0.4) is 0 Å². The molecule has 12 nitrogen and oxygen atoms in total. The summed E-state index contributed by atoms with van der Waals surface area (Å²) in [7, 11) is 0. The minimum absolute atomic E-state index is 0.0616. The molecule has 0 amide bonds. The second-order valence-electron chi connectivity index (χ2n) is 8.49. The number of aromatic nitrogens is 4. The summed E-state index contributed by atoms with van der Waals surface area (Å²) in [4.78, 5) is 37.6. The summed E-state index contributed by atoms with van der Waals surface area (Å²) in [5, 5.41) is 42.5. The van der Waals surface area contributed by atoms with E-state index in [-0.39, 0.29) is 42.9 Å². The van der Waals surface area contributed by atoms with E-state index in [1.807, 2.05) is 12.1 Å². The van der Waals surface area contributed by atoms with Gasteiger partial charge in [0.25, 0.3) is 0 Å². The van der Waals surface area contributed by atoms with Gasteiger partial charge in [-0.25, -0.2) is 19.9 Å². The first kappa shape index (κ1) is 31.6. The van der Waals surface area contributed by atoms with Crippen molar-refractivity contribution in [2.45, 2.75) is 25.7 Å². The number of hydrogen-bond acceptors (Lipinski definition) is 10. The zero-order chi connectivity index (χ0) is 30.5. The van der Waals surface area contributed by atoms with Crippen LogP contribution < -0.4 is 0 Å². The Labute approximate surface area is 249 Å². The summed E-state index contributed by atoms with van der Waals surface area (Å²) in [5.41, 5.74) is 3.35. The molecular formula is C28H24Cl2N6O6. The SMILES string of the molecule is O=C(O)CC/C(=N\O)c1cnc(-c2ccc(Cl)cc2)nc1.O=C(O)CC/C(=N\O)c1ncc(-c2ccc(Cl)cc2)cn1. The van der Waals surface area contributed by atoms with Crippen LogP contribution in [0.15, 0.2) is 83.6 Å². The third-order valence-electron chi connectivity index (χ3n) is 5.57. The Morgan fingerprint density at radius 3 is 1.50 bits per heavy atom. The minimum atomic E-state index is -0.978. The molecule has 0 atom stereocenters. The number of carbonyl (C=O) groups is 2. The van der Waals surface area contributed by atoms with Crippen LogP contribution in [0.1, 0.15) is 37.1 Å². The standard InChI is InChI=1S/2C14H12ClN3O3/c15-11-3-1-9(2-4-11)14-16-7-10(8-17-14)12(18-21)5-6-13(19)20;15-11-3-1-9(2-4-11)10-7-16-14(17-8-10)12(18-21)5-6-13(19)20/h2*1-4,7-8,21H,5-6H2,(H,19,20)/b2*18-12+. The second kappa shape index (κ2) is 15.7. The lowest BCUT2D eigenvalue weighted by Gasteiger charge is -2.04. The Kier molecular flexibility index (Phi) is 11.8. The Balaban J connectivity index is 0.000000230. The Bertz CT molecular complexity index is 1430. The highest BCUT2D eigenvalue weighted by Crippen LogP contribution is 2.20. The lowest BCUT2D eigenvalue weighted by Crippen LogP contribution is -2.09. The minimum Gasteiger partial charge on any atom is -0.481 e. The summed E-state index contributed by atoms with van der Waals surface area (Å²) in [6.45, 7) is 0. The van der Waals surface area contributed by atoms with Crippen molar-refractivity contribution in [1.29, 1.82) is 0 Å². The van der Waals surface area contributed by atoms with Crippen molar-refractivity contribution in [2.75, 3.05) is 0 Å². The van der Waals surface area contributed by atoms with Crippen molar-refractivity contribution < 1.29 is 30.2 Å². The zero-order valence-electron chi connectivity index (χ0n) is 21.8. The molecule has 0 fully saturated rings. The van der Waals surface area contributed by atoms with Crippen molar-refractivity contribution in [2.24, 2.45) is 10.3 Å². The highest BCUT2D eigenvalue weighted by molar-refractivity contribution is 6.30. The van der Waals surface area contributed by atoms with E-state index in [0.29, 0.717) is 21.4 Å². The van der Waals surface area contributed by atoms with Crippen LogP contribution in [0.2, 0.25) is 10.0 Å². The van der Waals surface area contributed by atoms with Crippen LogP contribution >= 0.6 is 23.2 Å². The predicted molar refractivity (Wildman–Crippen MR) is 155 cm³/mol. The molecule has 0 radical (unpaired) electrons. The quantitative estimate of drug-likeness (QED) is 0.0985. The number of benzene rings is 2. The molecule has 0 spiro atoms. The molecule has 0 unspecified atom stereocenters. The second-order valence-corrected chi connectivity index (χ2v) is 9.36. The van der Waals surface area contributed by atoms with E-state index in [9.17, 15) is 9.59 Å². The van der Waals surface area contributed by atoms with Gasteiger partial charge in [-0.15, -0.1) is 0 Å². The van der Waals surface area contributed by atoms with Crippen molar-refractivity contribution >= 4 is 46.6 Å². The van der Waals surface area contributed by atoms with E-state index < -0.39 is 11.9 Å². The summed E-state index contributed by atoms with van der Waals surface area (Å²) in [5.74, 6) is -1.23. The first-order chi connectivity index (χ1) is 20.2. The lowest BCUT2D eigenvalue weighted by atomic mass is 10.1. The summed E-state index contributed by atoms with van der Waals surface area (Å²) in [6, 6.07) is 14.3. The molecule has 2 heterocycles. The van der Waals surface area contributed by atoms with Gasteiger partial charge in [0.1, 0.15) is 5.71 Å². The van der Waals surface area contributed by atoms with Gasteiger partial charge in [-0.1, -0.05) is 45.6 Å². The van der Waals surface area contributed by atoms with Gasteiger partial charge in [-0.3, -0.25) is 9.59 Å². The van der Waals surface area contributed by atoms with E-state index in [2.05, 4.69) is 30.2 Å². The molecule has 2 aromatic carbocycles. The largest absolute Gasteiger partial charge is 0.481 e. The number of halogens is 2. The maximum Gasteiger partial charge on any atom is 0.303 e. The molecule has 42 heavy (non-hydrogen) atoms. The van der Waals surface area contributed by atoms with Gasteiger partial charge in [-0.05, 0) is 42.0 Å². The molecule has 0 aliphatic heterocycles. The Morgan fingerprint density at radius 2 is 1.05 bits per heavy atom. The van der Waals surface area contributed by atoms with E-state index in [1.54, 1.807) is 48.8 Å².